The van der Waals surface area contributed by atoms with Gasteiger partial charge in [0.25, 0.3) is 0 Å². The predicted octanol–water partition coefficient (Wildman–Crippen LogP) is 12.4. The maximum atomic E-state index is 13.1. The zero-order valence-corrected chi connectivity index (χ0v) is 42.6. The molecule has 8 atom stereocenters. The zero-order valence-electron chi connectivity index (χ0n) is 42.6. The Morgan fingerprint density at radius 1 is 0.477 bits per heavy atom. The average Bonchev–Trinajstić information content (AvgIpc) is 3.31. The van der Waals surface area contributed by atoms with Crippen LogP contribution in [0.1, 0.15) is 284 Å². The van der Waals surface area contributed by atoms with Crippen molar-refractivity contribution in [1.29, 1.82) is 0 Å². The number of carbonyl (C=O) groups excluding carboxylic acids is 1. The van der Waals surface area contributed by atoms with Gasteiger partial charge in [0.1, 0.15) is 30.5 Å². The summed E-state index contributed by atoms with van der Waals surface area (Å²) in [6, 6.07) is -0.986. The number of amides is 1. The fraction of sp³-hybridized carbons (Fsp3) is 0.982. The Balaban J connectivity index is 2.21. The molecule has 0 aliphatic carbocycles. The van der Waals surface area contributed by atoms with Crippen LogP contribution in [0.4, 0.5) is 0 Å². The van der Waals surface area contributed by atoms with Crippen LogP contribution < -0.4 is 5.32 Å². The molecule has 2 unspecified atom stereocenters. The molecule has 0 bridgehead atoms. The molecule has 1 saturated heterocycles. The molecule has 1 amide bonds. The monoisotopic (exact) mass is 928 g/mol. The van der Waals surface area contributed by atoms with Crippen LogP contribution in [0.3, 0.4) is 0 Å². The number of aliphatic hydroxyl groups is 6. The Bertz CT molecular complexity index is 1000. The van der Waals surface area contributed by atoms with Gasteiger partial charge in [-0.3, -0.25) is 4.79 Å². The van der Waals surface area contributed by atoms with E-state index in [1.54, 1.807) is 0 Å². The van der Waals surface area contributed by atoms with Gasteiger partial charge in [0.15, 0.2) is 6.29 Å². The first-order valence-electron chi connectivity index (χ1n) is 28.3. The van der Waals surface area contributed by atoms with E-state index >= 15 is 0 Å². The van der Waals surface area contributed by atoms with Crippen LogP contribution in [0.15, 0.2) is 0 Å². The minimum Gasteiger partial charge on any atom is -0.394 e. The van der Waals surface area contributed by atoms with Gasteiger partial charge in [0, 0.05) is 6.42 Å². The fourth-order valence-electron chi connectivity index (χ4n) is 9.50. The van der Waals surface area contributed by atoms with E-state index < -0.39 is 55.6 Å². The molecule has 0 aromatic rings. The first kappa shape index (κ1) is 62.2. The number of unbranched alkanes of at least 4 members (excludes halogenated alkanes) is 38. The van der Waals surface area contributed by atoms with E-state index in [-0.39, 0.29) is 18.9 Å². The lowest BCUT2D eigenvalue weighted by Gasteiger charge is -2.40. The lowest BCUT2D eigenvalue weighted by molar-refractivity contribution is -0.303. The van der Waals surface area contributed by atoms with Crippen molar-refractivity contribution in [3.8, 4) is 0 Å². The Kier molecular flexibility index (Phi) is 43.6. The third-order valence-electron chi connectivity index (χ3n) is 14.1. The standard InChI is InChI=1S/C55H109NO9/c1-3-5-7-9-11-13-15-17-19-20-21-22-23-24-25-26-27-28-29-30-32-34-36-38-40-42-44-50(59)56-47(46-64-55-54(63)53(62)52(61)49(45-57)65-55)51(60)48(58)43-41-39-37-35-33-31-18-16-14-12-10-8-6-4-2/h47-49,51-55,57-58,60-63H,3-46H2,1-2H3,(H,56,59)/t47-,48+,49+,51-,52-,53?,54?,55+/m0/s1. The van der Waals surface area contributed by atoms with Gasteiger partial charge in [-0.1, -0.05) is 264 Å². The highest BCUT2D eigenvalue weighted by atomic mass is 16.7. The molecule has 1 rings (SSSR count). The van der Waals surface area contributed by atoms with E-state index in [1.165, 1.54) is 218 Å². The lowest BCUT2D eigenvalue weighted by Crippen LogP contribution is -2.60. The Morgan fingerprint density at radius 2 is 0.800 bits per heavy atom. The first-order valence-corrected chi connectivity index (χ1v) is 28.3. The van der Waals surface area contributed by atoms with Gasteiger partial charge in [-0.05, 0) is 12.8 Å². The maximum absolute atomic E-state index is 13.1. The molecule has 0 saturated carbocycles. The van der Waals surface area contributed by atoms with E-state index in [0.29, 0.717) is 6.42 Å². The lowest BCUT2D eigenvalue weighted by atomic mass is 9.98. The summed E-state index contributed by atoms with van der Waals surface area (Å²) < 4.78 is 11.2. The predicted molar refractivity (Wildman–Crippen MR) is 269 cm³/mol. The van der Waals surface area contributed by atoms with Crippen LogP contribution >= 0.6 is 0 Å². The number of carbonyl (C=O) groups is 1. The topological polar surface area (TPSA) is 169 Å². The van der Waals surface area contributed by atoms with Crippen LogP contribution in [0.25, 0.3) is 0 Å². The maximum Gasteiger partial charge on any atom is 0.220 e. The highest BCUT2D eigenvalue weighted by molar-refractivity contribution is 5.76. The SMILES string of the molecule is CCCCCCCCCCCCCCCCCCCCCCCCCCCCC(=O)N[C@@H](CO[C@@H]1O[C@H](CO)[C@H](O)C(O)C1O)[C@H](O)[C@H](O)CCCCCCCCCCCCCCCC. The summed E-state index contributed by atoms with van der Waals surface area (Å²) in [4.78, 5) is 13.1. The van der Waals surface area contributed by atoms with Crippen molar-refractivity contribution in [2.75, 3.05) is 13.2 Å². The fourth-order valence-corrected chi connectivity index (χ4v) is 9.50. The minimum absolute atomic E-state index is 0.250. The average molecular weight is 928 g/mol. The highest BCUT2D eigenvalue weighted by Crippen LogP contribution is 2.23. The third kappa shape index (κ3) is 35.0. The Morgan fingerprint density at radius 3 is 1.14 bits per heavy atom. The molecule has 1 heterocycles. The van der Waals surface area contributed by atoms with Crippen LogP contribution in [-0.4, -0.2) is 98.7 Å². The van der Waals surface area contributed by atoms with Crippen molar-refractivity contribution in [2.45, 2.75) is 332 Å². The van der Waals surface area contributed by atoms with Crippen molar-refractivity contribution in [3.63, 3.8) is 0 Å². The molecule has 1 aliphatic rings. The summed E-state index contributed by atoms with van der Waals surface area (Å²) in [5, 5.41) is 65.5. The van der Waals surface area contributed by atoms with Gasteiger partial charge in [0.2, 0.25) is 5.91 Å². The van der Waals surface area contributed by atoms with Crippen molar-refractivity contribution < 1.29 is 44.9 Å². The Hall–Kier alpha value is -0.850. The van der Waals surface area contributed by atoms with Gasteiger partial charge in [-0.25, -0.2) is 0 Å². The van der Waals surface area contributed by atoms with Gasteiger partial charge in [0.05, 0.1) is 25.4 Å². The van der Waals surface area contributed by atoms with Gasteiger partial charge < -0.3 is 45.4 Å². The number of ether oxygens (including phenoxy) is 2. The zero-order chi connectivity index (χ0) is 47.4. The van der Waals surface area contributed by atoms with Crippen LogP contribution in [0.2, 0.25) is 0 Å². The minimum atomic E-state index is -1.60. The number of nitrogens with one attached hydrogen (secondary N) is 1. The van der Waals surface area contributed by atoms with Crippen molar-refractivity contribution >= 4 is 5.91 Å². The van der Waals surface area contributed by atoms with Crippen molar-refractivity contribution in [1.82, 2.24) is 5.32 Å². The van der Waals surface area contributed by atoms with Crippen molar-refractivity contribution in [2.24, 2.45) is 0 Å². The summed E-state index contributed by atoms with van der Waals surface area (Å²) in [5.74, 6) is -0.250. The van der Waals surface area contributed by atoms with Gasteiger partial charge >= 0.3 is 0 Å². The Labute approximate surface area is 400 Å². The summed E-state index contributed by atoms with van der Waals surface area (Å²) in [7, 11) is 0. The van der Waals surface area contributed by atoms with Crippen molar-refractivity contribution in [3.05, 3.63) is 0 Å². The van der Waals surface area contributed by atoms with E-state index in [1.807, 2.05) is 0 Å². The summed E-state index contributed by atoms with van der Waals surface area (Å²) >= 11 is 0. The summed E-state index contributed by atoms with van der Waals surface area (Å²) in [5.41, 5.74) is 0. The quantitative estimate of drug-likeness (QED) is 0.0294. The normalized spacial score (nSPS) is 20.3. The third-order valence-corrected chi connectivity index (χ3v) is 14.1. The van der Waals surface area contributed by atoms with Gasteiger partial charge in [-0.15, -0.1) is 0 Å². The van der Waals surface area contributed by atoms with Gasteiger partial charge in [-0.2, -0.15) is 0 Å². The molecule has 7 N–H and O–H groups in total. The van der Waals surface area contributed by atoms with Crippen LogP contribution in [0.5, 0.6) is 0 Å². The molecule has 10 nitrogen and oxygen atoms in total. The second-order valence-corrected chi connectivity index (χ2v) is 20.2. The first-order chi connectivity index (χ1) is 31.8. The molecule has 1 fully saturated rings. The van der Waals surface area contributed by atoms with Crippen LogP contribution in [-0.2, 0) is 14.3 Å². The van der Waals surface area contributed by atoms with E-state index in [2.05, 4.69) is 19.2 Å². The molecule has 0 radical (unpaired) electrons. The molecule has 10 heteroatoms. The largest absolute Gasteiger partial charge is 0.394 e. The highest BCUT2D eigenvalue weighted by Gasteiger charge is 2.44. The molecule has 0 aromatic carbocycles. The number of hydrogen-bond donors (Lipinski definition) is 7. The number of hydrogen-bond acceptors (Lipinski definition) is 9. The summed E-state index contributed by atoms with van der Waals surface area (Å²) in [6.45, 7) is 3.65. The molecule has 65 heavy (non-hydrogen) atoms. The molecular weight excluding hydrogens is 819 g/mol. The number of rotatable bonds is 49. The molecule has 388 valence electrons. The second-order valence-electron chi connectivity index (χ2n) is 20.2. The number of aliphatic hydroxyl groups excluding tert-OH is 6. The molecule has 1 aliphatic heterocycles. The molecular formula is C55H109NO9. The molecule has 0 spiro atoms. The van der Waals surface area contributed by atoms with E-state index in [4.69, 9.17) is 9.47 Å². The second kappa shape index (κ2) is 45.6. The smallest absolute Gasteiger partial charge is 0.220 e. The molecule has 0 aromatic heterocycles. The summed E-state index contributed by atoms with van der Waals surface area (Å²) in [6.07, 6.45) is 42.7. The van der Waals surface area contributed by atoms with E-state index in [9.17, 15) is 35.4 Å². The van der Waals surface area contributed by atoms with E-state index in [0.717, 1.165) is 38.5 Å². The van der Waals surface area contributed by atoms with Crippen LogP contribution in [0, 0.1) is 0 Å².